The van der Waals surface area contributed by atoms with E-state index in [1.807, 2.05) is 72.8 Å². The average molecular weight is 524 g/mol. The second-order valence-electron chi connectivity index (χ2n) is 9.21. The second-order valence-corrected chi connectivity index (χ2v) is 9.21. The first-order valence-electron chi connectivity index (χ1n) is 12.7. The number of carbonyl (C=O) groups excluding carboxylic acids is 3. The number of para-hydroxylation sites is 1. The fourth-order valence-electron chi connectivity index (χ4n) is 4.74. The number of benzene rings is 2. The first-order valence-corrected chi connectivity index (χ1v) is 12.7. The van der Waals surface area contributed by atoms with Gasteiger partial charge in [0.25, 0.3) is 5.91 Å². The average Bonchev–Trinajstić information content (AvgIpc) is 3.27. The van der Waals surface area contributed by atoms with Crippen molar-refractivity contribution < 1.29 is 19.1 Å². The number of aromatic nitrogens is 1. The van der Waals surface area contributed by atoms with E-state index >= 15 is 0 Å². The van der Waals surface area contributed by atoms with Gasteiger partial charge in [0.1, 0.15) is 18.0 Å². The quantitative estimate of drug-likeness (QED) is 0.396. The summed E-state index contributed by atoms with van der Waals surface area (Å²) in [6, 6.07) is 21.3. The first kappa shape index (κ1) is 25.7. The van der Waals surface area contributed by atoms with Gasteiger partial charge in [0.05, 0.1) is 23.9 Å². The van der Waals surface area contributed by atoms with E-state index in [9.17, 15) is 14.4 Å². The Morgan fingerprint density at radius 2 is 1.87 bits per heavy atom. The fourth-order valence-corrected chi connectivity index (χ4v) is 4.74. The van der Waals surface area contributed by atoms with Gasteiger partial charge in [-0.25, -0.2) is 4.79 Å². The molecule has 0 radical (unpaired) electrons. The summed E-state index contributed by atoms with van der Waals surface area (Å²) in [5, 5.41) is 5.82. The Labute approximate surface area is 226 Å². The van der Waals surface area contributed by atoms with E-state index in [0.717, 1.165) is 5.69 Å². The van der Waals surface area contributed by atoms with Gasteiger partial charge < -0.3 is 20.3 Å². The first-order chi connectivity index (χ1) is 19.0. The highest BCUT2D eigenvalue weighted by atomic mass is 16.5. The van der Waals surface area contributed by atoms with Gasteiger partial charge in [-0.2, -0.15) is 0 Å². The molecule has 39 heavy (non-hydrogen) atoms. The maximum Gasteiger partial charge on any atom is 0.322 e. The van der Waals surface area contributed by atoms with Crippen molar-refractivity contribution in [1.82, 2.24) is 25.4 Å². The second kappa shape index (κ2) is 11.6. The van der Waals surface area contributed by atoms with E-state index in [1.165, 1.54) is 9.80 Å². The number of ether oxygens (including phenoxy) is 1. The van der Waals surface area contributed by atoms with Crippen molar-refractivity contribution in [3.05, 3.63) is 114 Å². The van der Waals surface area contributed by atoms with E-state index < -0.39 is 6.04 Å². The highest BCUT2D eigenvalue weighted by Crippen LogP contribution is 2.37. The van der Waals surface area contributed by atoms with Gasteiger partial charge >= 0.3 is 6.03 Å². The number of carbonyl (C=O) groups is 3. The van der Waals surface area contributed by atoms with Gasteiger partial charge in [-0.3, -0.25) is 19.5 Å². The lowest BCUT2D eigenvalue weighted by molar-refractivity contribution is -0.131. The Bertz CT molecular complexity index is 1410. The van der Waals surface area contributed by atoms with E-state index in [0.29, 0.717) is 41.3 Å². The number of nitrogens with zero attached hydrogens (tertiary/aromatic N) is 3. The molecule has 2 aliphatic rings. The van der Waals surface area contributed by atoms with Crippen molar-refractivity contribution >= 4 is 17.8 Å². The number of amides is 4. The molecule has 2 aromatic carbocycles. The monoisotopic (exact) mass is 523 g/mol. The van der Waals surface area contributed by atoms with Crippen molar-refractivity contribution in [2.45, 2.75) is 12.5 Å². The third-order valence-electron chi connectivity index (χ3n) is 6.54. The van der Waals surface area contributed by atoms with Crippen LogP contribution in [0.3, 0.4) is 0 Å². The van der Waals surface area contributed by atoms with Crippen molar-refractivity contribution in [3.8, 4) is 11.5 Å². The number of hydrogen-bond donors (Lipinski definition) is 2. The van der Waals surface area contributed by atoms with Gasteiger partial charge in [0, 0.05) is 31.4 Å². The Morgan fingerprint density at radius 1 is 1.08 bits per heavy atom. The topological polar surface area (TPSA) is 104 Å². The molecule has 0 saturated heterocycles. The van der Waals surface area contributed by atoms with Gasteiger partial charge in [0.2, 0.25) is 5.91 Å². The summed E-state index contributed by atoms with van der Waals surface area (Å²) in [6.07, 6.45) is 3.90. The highest BCUT2D eigenvalue weighted by Gasteiger charge is 2.44. The molecule has 0 fully saturated rings. The Morgan fingerprint density at radius 3 is 2.64 bits per heavy atom. The lowest BCUT2D eigenvalue weighted by Crippen LogP contribution is -2.47. The van der Waals surface area contributed by atoms with Crippen LogP contribution in [0.2, 0.25) is 0 Å². The summed E-state index contributed by atoms with van der Waals surface area (Å²) in [5.74, 6) is 0.691. The molecule has 3 aromatic rings. The van der Waals surface area contributed by atoms with Crippen molar-refractivity contribution in [1.29, 1.82) is 0 Å². The molecule has 198 valence electrons. The third-order valence-corrected chi connectivity index (χ3v) is 6.54. The molecule has 0 unspecified atom stereocenters. The molecule has 0 spiro atoms. The summed E-state index contributed by atoms with van der Waals surface area (Å²) in [5.41, 5.74) is 2.59. The minimum absolute atomic E-state index is 0.117. The standard InChI is InChI=1S/C30H29N5O4/c1-2-17-35-25-19-34(20-26(36)32-16-14-22-10-6-7-15-31-22)29(37)27(25)28(33-30(35)38)21-9-8-13-24(18-21)39-23-11-4-3-5-12-23/h2-13,15,18,28H,1,14,16-17,19-20H2,(H,32,36)(H,33,38)/t28-/m1/s1. The molecule has 5 rings (SSSR count). The molecule has 0 saturated carbocycles. The van der Waals surface area contributed by atoms with E-state index in [-0.39, 0.29) is 37.5 Å². The maximum absolute atomic E-state index is 13.6. The van der Waals surface area contributed by atoms with Crippen LogP contribution in [0.25, 0.3) is 0 Å². The lowest BCUT2D eigenvalue weighted by atomic mass is 9.95. The van der Waals surface area contributed by atoms with Crippen LogP contribution in [0.1, 0.15) is 17.3 Å². The van der Waals surface area contributed by atoms with Crippen molar-refractivity contribution in [2.75, 3.05) is 26.2 Å². The third kappa shape index (κ3) is 5.82. The minimum atomic E-state index is -0.683. The molecule has 1 aromatic heterocycles. The zero-order valence-corrected chi connectivity index (χ0v) is 21.4. The van der Waals surface area contributed by atoms with E-state index in [1.54, 1.807) is 12.3 Å². The molecular formula is C30H29N5O4. The Hall–Kier alpha value is -4.92. The van der Waals surface area contributed by atoms with Gasteiger partial charge in [0.15, 0.2) is 0 Å². The number of rotatable bonds is 10. The molecule has 2 N–H and O–H groups in total. The summed E-state index contributed by atoms with van der Waals surface area (Å²) >= 11 is 0. The van der Waals surface area contributed by atoms with Gasteiger partial charge in [-0.15, -0.1) is 6.58 Å². The Kier molecular flexibility index (Phi) is 7.68. The molecule has 3 heterocycles. The molecule has 0 bridgehead atoms. The zero-order valence-electron chi connectivity index (χ0n) is 21.4. The van der Waals surface area contributed by atoms with Crippen LogP contribution in [-0.2, 0) is 16.0 Å². The minimum Gasteiger partial charge on any atom is -0.457 e. The fraction of sp³-hybridized carbons (Fsp3) is 0.200. The molecule has 0 aliphatic carbocycles. The van der Waals surface area contributed by atoms with Crippen LogP contribution in [0.4, 0.5) is 4.79 Å². The van der Waals surface area contributed by atoms with Gasteiger partial charge in [-0.05, 0) is 42.0 Å². The van der Waals surface area contributed by atoms with E-state index in [2.05, 4.69) is 22.2 Å². The van der Waals surface area contributed by atoms with Crippen LogP contribution in [0.15, 0.2) is 103 Å². The summed E-state index contributed by atoms with van der Waals surface area (Å²) in [4.78, 5) is 46.6. The lowest BCUT2D eigenvalue weighted by Gasteiger charge is -2.33. The molecule has 2 aliphatic heterocycles. The van der Waals surface area contributed by atoms with Crippen LogP contribution in [-0.4, -0.2) is 58.8 Å². The summed E-state index contributed by atoms with van der Waals surface area (Å²) < 4.78 is 5.97. The van der Waals surface area contributed by atoms with Crippen molar-refractivity contribution in [2.24, 2.45) is 0 Å². The maximum atomic E-state index is 13.6. The van der Waals surface area contributed by atoms with Gasteiger partial charge in [-0.1, -0.05) is 42.5 Å². The zero-order chi connectivity index (χ0) is 27.2. The van der Waals surface area contributed by atoms with Crippen LogP contribution < -0.4 is 15.4 Å². The number of pyridine rings is 1. The normalized spacial score (nSPS) is 16.6. The highest BCUT2D eigenvalue weighted by molar-refractivity contribution is 6.03. The number of urea groups is 1. The molecular weight excluding hydrogens is 494 g/mol. The smallest absolute Gasteiger partial charge is 0.322 e. The van der Waals surface area contributed by atoms with Crippen molar-refractivity contribution in [3.63, 3.8) is 0 Å². The largest absolute Gasteiger partial charge is 0.457 e. The molecule has 9 heteroatoms. The molecule has 4 amide bonds. The predicted molar refractivity (Wildman–Crippen MR) is 146 cm³/mol. The summed E-state index contributed by atoms with van der Waals surface area (Å²) in [7, 11) is 0. The van der Waals surface area contributed by atoms with Crippen LogP contribution >= 0.6 is 0 Å². The Balaban J connectivity index is 1.33. The SMILES string of the molecule is C=CCN1C(=O)N[C@H](c2cccc(Oc3ccccc3)c2)C2=C1CN(CC(=O)NCCc1ccccn1)C2=O. The van der Waals surface area contributed by atoms with Crippen LogP contribution in [0.5, 0.6) is 11.5 Å². The summed E-state index contributed by atoms with van der Waals surface area (Å²) in [6.45, 7) is 4.43. The van der Waals surface area contributed by atoms with E-state index in [4.69, 9.17) is 4.74 Å². The molecule has 9 nitrogen and oxygen atoms in total. The number of hydrogen-bond acceptors (Lipinski definition) is 5. The predicted octanol–water partition coefficient (Wildman–Crippen LogP) is 3.58. The van der Waals surface area contributed by atoms with Crippen LogP contribution in [0, 0.1) is 0 Å². The number of nitrogens with one attached hydrogen (secondary N) is 2. The molecule has 1 atom stereocenters.